The molecule has 0 spiro atoms. The van der Waals surface area contributed by atoms with Gasteiger partial charge in [-0.3, -0.25) is 14.5 Å². The molecule has 29 heavy (non-hydrogen) atoms. The number of rotatable bonds is 4. The lowest BCUT2D eigenvalue weighted by Crippen LogP contribution is -2.53. The molecule has 1 saturated heterocycles. The Labute approximate surface area is 176 Å². The van der Waals surface area contributed by atoms with Crippen LogP contribution in [0.15, 0.2) is 36.4 Å². The van der Waals surface area contributed by atoms with Gasteiger partial charge in [-0.2, -0.15) is 0 Å². The number of piperazine rings is 1. The van der Waals surface area contributed by atoms with Crippen molar-refractivity contribution in [3.8, 4) is 0 Å². The number of carbonyl (C=O) groups is 2. The van der Waals surface area contributed by atoms with Crippen LogP contribution < -0.4 is 10.2 Å². The van der Waals surface area contributed by atoms with E-state index in [1.807, 2.05) is 31.2 Å². The summed E-state index contributed by atoms with van der Waals surface area (Å²) in [4.78, 5) is 28.7. The van der Waals surface area contributed by atoms with Crippen LogP contribution in [-0.2, 0) is 22.4 Å². The lowest BCUT2D eigenvalue weighted by atomic mass is 10.1. The van der Waals surface area contributed by atoms with Crippen molar-refractivity contribution in [3.05, 3.63) is 58.1 Å². The maximum Gasteiger partial charge on any atom is 0.238 e. The van der Waals surface area contributed by atoms with Crippen LogP contribution in [0.25, 0.3) is 0 Å². The third-order valence-corrected chi connectivity index (χ3v) is 6.24. The fourth-order valence-corrected chi connectivity index (χ4v) is 4.42. The van der Waals surface area contributed by atoms with Gasteiger partial charge in [0.25, 0.3) is 0 Å². The molecule has 1 N–H and O–H groups in total. The van der Waals surface area contributed by atoms with Gasteiger partial charge in [0, 0.05) is 54.9 Å². The molecule has 1 atom stereocenters. The van der Waals surface area contributed by atoms with Gasteiger partial charge in [0.1, 0.15) is 5.78 Å². The summed E-state index contributed by atoms with van der Waals surface area (Å²) >= 11 is 6.15. The summed E-state index contributed by atoms with van der Waals surface area (Å²) < 4.78 is 0. The van der Waals surface area contributed by atoms with Crippen molar-refractivity contribution in [3.63, 3.8) is 0 Å². The first-order chi connectivity index (χ1) is 13.9. The number of fused-ring (bicyclic) bond motifs is 1. The van der Waals surface area contributed by atoms with Crippen LogP contribution in [-0.4, -0.2) is 48.8 Å². The number of amides is 1. The lowest BCUT2D eigenvalue weighted by molar-refractivity contribution is -0.118. The number of Topliss-reactive ketones (excluding diaryl/α,β-unsaturated/α-hetero) is 1. The van der Waals surface area contributed by atoms with Crippen molar-refractivity contribution in [2.24, 2.45) is 0 Å². The van der Waals surface area contributed by atoms with Crippen LogP contribution >= 0.6 is 11.6 Å². The van der Waals surface area contributed by atoms with Crippen molar-refractivity contribution in [1.82, 2.24) is 4.90 Å². The van der Waals surface area contributed by atoms with E-state index in [2.05, 4.69) is 34.2 Å². The fraction of sp³-hybridized carbons (Fsp3) is 0.391. The molecule has 5 nitrogen and oxygen atoms in total. The number of carbonyl (C=O) groups excluding carboxylic acids is 2. The van der Waals surface area contributed by atoms with E-state index in [1.165, 1.54) is 5.69 Å². The molecule has 2 aromatic rings. The quantitative estimate of drug-likeness (QED) is 0.837. The van der Waals surface area contributed by atoms with E-state index in [1.54, 1.807) is 0 Å². The molecule has 1 aliphatic carbocycles. The van der Waals surface area contributed by atoms with E-state index in [9.17, 15) is 9.59 Å². The molecule has 0 bridgehead atoms. The predicted molar refractivity (Wildman–Crippen MR) is 117 cm³/mol. The molecule has 1 heterocycles. The molecular weight excluding hydrogens is 386 g/mol. The summed E-state index contributed by atoms with van der Waals surface area (Å²) in [6.45, 7) is 7.10. The third kappa shape index (κ3) is 4.46. The molecule has 1 aliphatic heterocycles. The maximum absolute atomic E-state index is 12.5. The van der Waals surface area contributed by atoms with Crippen molar-refractivity contribution in [1.29, 1.82) is 0 Å². The van der Waals surface area contributed by atoms with Gasteiger partial charge in [-0.1, -0.05) is 17.7 Å². The number of hydrogen-bond acceptors (Lipinski definition) is 4. The standard InChI is InChI=1S/C23H26ClN3O2/c1-15-9-20(5-6-22(15)24)27-8-7-26(13-16(27)2)14-23(29)25-19-4-3-17-11-21(28)12-18(17)10-19/h3-6,9-10,16H,7-8,11-14H2,1-2H3,(H,25,29)/t16-/m1/s1. The van der Waals surface area contributed by atoms with E-state index in [0.717, 1.165) is 47.0 Å². The molecule has 0 aromatic heterocycles. The highest BCUT2D eigenvalue weighted by atomic mass is 35.5. The van der Waals surface area contributed by atoms with Crippen LogP contribution in [0.3, 0.4) is 0 Å². The number of aryl methyl sites for hydroxylation is 1. The Morgan fingerprint density at radius 3 is 2.69 bits per heavy atom. The average Bonchev–Trinajstić information content (AvgIpc) is 3.03. The van der Waals surface area contributed by atoms with E-state index in [0.29, 0.717) is 25.4 Å². The second-order valence-electron chi connectivity index (χ2n) is 8.13. The van der Waals surface area contributed by atoms with E-state index < -0.39 is 0 Å². The minimum Gasteiger partial charge on any atom is -0.366 e. The Balaban J connectivity index is 1.33. The Morgan fingerprint density at radius 1 is 1.14 bits per heavy atom. The van der Waals surface area contributed by atoms with E-state index in [4.69, 9.17) is 11.6 Å². The lowest BCUT2D eigenvalue weighted by Gasteiger charge is -2.41. The van der Waals surface area contributed by atoms with Gasteiger partial charge in [-0.05, 0) is 60.9 Å². The zero-order valence-electron chi connectivity index (χ0n) is 16.9. The summed E-state index contributed by atoms with van der Waals surface area (Å²) in [6, 6.07) is 12.2. The highest BCUT2D eigenvalue weighted by Crippen LogP contribution is 2.26. The predicted octanol–water partition coefficient (Wildman–Crippen LogP) is 3.47. The van der Waals surface area contributed by atoms with E-state index in [-0.39, 0.29) is 11.7 Å². The summed E-state index contributed by atoms with van der Waals surface area (Å²) in [5.41, 5.74) is 5.14. The van der Waals surface area contributed by atoms with E-state index >= 15 is 0 Å². The van der Waals surface area contributed by atoms with Gasteiger partial charge in [-0.25, -0.2) is 0 Å². The minimum absolute atomic E-state index is 0.0164. The van der Waals surface area contributed by atoms with Gasteiger partial charge in [0.15, 0.2) is 0 Å². The van der Waals surface area contributed by atoms with Gasteiger partial charge < -0.3 is 10.2 Å². The third-order valence-electron chi connectivity index (χ3n) is 5.82. The van der Waals surface area contributed by atoms with Crippen molar-refractivity contribution in [2.75, 3.05) is 36.4 Å². The summed E-state index contributed by atoms with van der Waals surface area (Å²) in [7, 11) is 0. The van der Waals surface area contributed by atoms with Crippen LogP contribution in [0, 0.1) is 6.92 Å². The second-order valence-corrected chi connectivity index (χ2v) is 8.54. The number of anilines is 2. The topological polar surface area (TPSA) is 52.6 Å². The number of ketones is 1. The first kappa shape index (κ1) is 19.9. The molecule has 0 unspecified atom stereocenters. The molecule has 1 amide bonds. The van der Waals surface area contributed by atoms with Crippen molar-refractivity contribution < 1.29 is 9.59 Å². The largest absolute Gasteiger partial charge is 0.366 e. The number of halogens is 1. The molecule has 1 fully saturated rings. The van der Waals surface area contributed by atoms with Crippen molar-refractivity contribution in [2.45, 2.75) is 32.7 Å². The summed E-state index contributed by atoms with van der Waals surface area (Å²) in [6.07, 6.45) is 0.988. The summed E-state index contributed by atoms with van der Waals surface area (Å²) in [5, 5.41) is 3.77. The van der Waals surface area contributed by atoms with Crippen LogP contribution in [0.4, 0.5) is 11.4 Å². The zero-order chi connectivity index (χ0) is 20.5. The average molecular weight is 412 g/mol. The van der Waals surface area contributed by atoms with Crippen LogP contribution in [0.5, 0.6) is 0 Å². The number of hydrogen-bond donors (Lipinski definition) is 1. The number of nitrogens with one attached hydrogen (secondary N) is 1. The smallest absolute Gasteiger partial charge is 0.238 e. The number of benzene rings is 2. The Hall–Kier alpha value is -2.37. The monoisotopic (exact) mass is 411 g/mol. The van der Waals surface area contributed by atoms with Gasteiger partial charge in [-0.15, -0.1) is 0 Å². The normalized spacial score (nSPS) is 19.3. The molecule has 4 rings (SSSR count). The molecule has 2 aromatic carbocycles. The maximum atomic E-state index is 12.5. The highest BCUT2D eigenvalue weighted by molar-refractivity contribution is 6.31. The number of nitrogens with zero attached hydrogens (tertiary/aromatic N) is 2. The molecule has 0 saturated carbocycles. The van der Waals surface area contributed by atoms with Gasteiger partial charge in [0.2, 0.25) is 5.91 Å². The molecule has 6 heteroatoms. The van der Waals surface area contributed by atoms with Crippen molar-refractivity contribution >= 4 is 34.7 Å². The zero-order valence-corrected chi connectivity index (χ0v) is 17.6. The Morgan fingerprint density at radius 2 is 1.93 bits per heavy atom. The fourth-order valence-electron chi connectivity index (χ4n) is 4.30. The van der Waals surface area contributed by atoms with Crippen LogP contribution in [0.2, 0.25) is 5.02 Å². The Kier molecular flexibility index (Phi) is 5.61. The molecular formula is C23H26ClN3O2. The molecule has 152 valence electrons. The molecule has 0 radical (unpaired) electrons. The second kappa shape index (κ2) is 8.17. The molecule has 2 aliphatic rings. The van der Waals surface area contributed by atoms with Gasteiger partial charge in [0.05, 0.1) is 6.54 Å². The Bertz CT molecular complexity index is 959. The first-order valence-corrected chi connectivity index (χ1v) is 10.5. The van der Waals surface area contributed by atoms with Crippen LogP contribution in [0.1, 0.15) is 23.6 Å². The first-order valence-electron chi connectivity index (χ1n) is 10.1. The minimum atomic E-state index is -0.0164. The highest BCUT2D eigenvalue weighted by Gasteiger charge is 2.25. The van der Waals surface area contributed by atoms with Gasteiger partial charge >= 0.3 is 0 Å². The SMILES string of the molecule is Cc1cc(N2CCN(CC(=O)Nc3ccc4c(c3)CC(=O)C4)C[C@H]2C)ccc1Cl. The summed E-state index contributed by atoms with van der Waals surface area (Å²) in [5.74, 6) is 0.225.